The molecule has 0 bridgehead atoms. The van der Waals surface area contributed by atoms with Crippen molar-refractivity contribution in [1.82, 2.24) is 4.98 Å². The lowest BCUT2D eigenvalue weighted by Gasteiger charge is -2.07. The van der Waals surface area contributed by atoms with Crippen molar-refractivity contribution in [3.63, 3.8) is 0 Å². The van der Waals surface area contributed by atoms with Crippen LogP contribution >= 0.6 is 11.3 Å². The molecule has 116 valence electrons. The lowest BCUT2D eigenvalue weighted by Crippen LogP contribution is -2.14. The van der Waals surface area contributed by atoms with Crippen LogP contribution in [-0.4, -0.2) is 10.9 Å². The van der Waals surface area contributed by atoms with Crippen molar-refractivity contribution in [1.29, 1.82) is 0 Å². The van der Waals surface area contributed by atoms with Gasteiger partial charge in [0.1, 0.15) is 0 Å². The van der Waals surface area contributed by atoms with E-state index in [9.17, 15) is 4.79 Å². The molecule has 1 aliphatic rings. The van der Waals surface area contributed by atoms with Crippen LogP contribution in [0.15, 0.2) is 36.4 Å². The summed E-state index contributed by atoms with van der Waals surface area (Å²) in [5.41, 5.74) is 5.78. The van der Waals surface area contributed by atoms with E-state index in [4.69, 9.17) is 0 Å². The van der Waals surface area contributed by atoms with Crippen LogP contribution in [0.25, 0.3) is 10.2 Å². The Bertz CT molecular complexity index is 898. The maximum Gasteiger partial charge on any atom is 0.228 e. The van der Waals surface area contributed by atoms with Gasteiger partial charge < -0.3 is 5.32 Å². The number of nitrogens with one attached hydrogen (secondary N) is 1. The van der Waals surface area contributed by atoms with E-state index in [1.54, 1.807) is 11.3 Å². The zero-order valence-electron chi connectivity index (χ0n) is 13.1. The maximum atomic E-state index is 12.3. The number of amides is 1. The fourth-order valence-electron chi connectivity index (χ4n) is 3.24. The number of thiazole rings is 1. The van der Waals surface area contributed by atoms with Crippen molar-refractivity contribution >= 4 is 33.1 Å². The van der Waals surface area contributed by atoms with Gasteiger partial charge >= 0.3 is 0 Å². The van der Waals surface area contributed by atoms with Crippen molar-refractivity contribution in [2.24, 2.45) is 0 Å². The smallest absolute Gasteiger partial charge is 0.228 e. The molecular formula is C19H18N2OS. The fraction of sp³-hybridized carbons (Fsp3) is 0.263. The number of anilines is 1. The second kappa shape index (κ2) is 5.78. The van der Waals surface area contributed by atoms with E-state index in [0.717, 1.165) is 32.9 Å². The number of fused-ring (bicyclic) bond motifs is 2. The highest BCUT2D eigenvalue weighted by Crippen LogP contribution is 2.25. The number of aromatic nitrogens is 1. The van der Waals surface area contributed by atoms with Gasteiger partial charge in [0.25, 0.3) is 0 Å². The van der Waals surface area contributed by atoms with Crippen molar-refractivity contribution < 1.29 is 4.79 Å². The molecule has 1 amide bonds. The predicted molar refractivity (Wildman–Crippen MR) is 95.2 cm³/mol. The second-order valence-electron chi connectivity index (χ2n) is 6.10. The minimum atomic E-state index is 0.0311. The van der Waals surface area contributed by atoms with Gasteiger partial charge in [0.05, 0.1) is 21.6 Å². The minimum absolute atomic E-state index is 0.0311. The third-order valence-corrected chi connectivity index (χ3v) is 5.24. The monoisotopic (exact) mass is 322 g/mol. The number of nitrogens with zero attached hydrogens (tertiary/aromatic N) is 1. The summed E-state index contributed by atoms with van der Waals surface area (Å²) in [7, 11) is 0. The Morgan fingerprint density at radius 2 is 2.04 bits per heavy atom. The molecule has 3 aromatic rings. The summed E-state index contributed by atoms with van der Waals surface area (Å²) in [5.74, 6) is 0.0311. The Balaban J connectivity index is 1.48. The Hall–Kier alpha value is -2.20. The van der Waals surface area contributed by atoms with Crippen LogP contribution in [0.4, 0.5) is 5.69 Å². The minimum Gasteiger partial charge on any atom is -0.326 e. The van der Waals surface area contributed by atoms with E-state index in [-0.39, 0.29) is 5.91 Å². The van der Waals surface area contributed by atoms with Gasteiger partial charge in [0.2, 0.25) is 5.91 Å². The molecule has 0 aliphatic heterocycles. The van der Waals surface area contributed by atoms with Gasteiger partial charge in [-0.15, -0.1) is 11.3 Å². The summed E-state index contributed by atoms with van der Waals surface area (Å²) in [4.78, 5) is 16.7. The van der Waals surface area contributed by atoms with E-state index < -0.39 is 0 Å². The molecule has 2 aromatic carbocycles. The summed E-state index contributed by atoms with van der Waals surface area (Å²) in [6.45, 7) is 2.00. The Morgan fingerprint density at radius 3 is 2.96 bits per heavy atom. The number of hydrogen-bond donors (Lipinski definition) is 1. The summed E-state index contributed by atoms with van der Waals surface area (Å²) in [6.07, 6.45) is 3.98. The summed E-state index contributed by atoms with van der Waals surface area (Å²) < 4.78 is 1.11. The molecule has 3 nitrogen and oxygen atoms in total. The first-order chi connectivity index (χ1) is 11.2. The quantitative estimate of drug-likeness (QED) is 0.782. The highest BCUT2D eigenvalue weighted by Gasteiger charge is 2.12. The molecule has 0 spiro atoms. The van der Waals surface area contributed by atoms with Crippen LogP contribution in [0.3, 0.4) is 0 Å². The first-order valence-electron chi connectivity index (χ1n) is 7.95. The first kappa shape index (κ1) is 14.4. The highest BCUT2D eigenvalue weighted by atomic mass is 32.1. The second-order valence-corrected chi connectivity index (χ2v) is 7.33. The van der Waals surface area contributed by atoms with Gasteiger partial charge in [0.15, 0.2) is 0 Å². The predicted octanol–water partition coefficient (Wildman–Crippen LogP) is 4.27. The third-order valence-electron chi connectivity index (χ3n) is 4.31. The molecule has 1 aromatic heterocycles. The number of benzene rings is 2. The third kappa shape index (κ3) is 2.99. The van der Waals surface area contributed by atoms with E-state index in [1.807, 2.05) is 25.1 Å². The van der Waals surface area contributed by atoms with Gasteiger partial charge in [-0.3, -0.25) is 4.79 Å². The molecule has 0 saturated carbocycles. The van der Waals surface area contributed by atoms with Crippen molar-refractivity contribution in [3.8, 4) is 0 Å². The van der Waals surface area contributed by atoms with E-state index >= 15 is 0 Å². The summed E-state index contributed by atoms with van der Waals surface area (Å²) in [6, 6.07) is 12.3. The Morgan fingerprint density at radius 1 is 1.17 bits per heavy atom. The van der Waals surface area contributed by atoms with Crippen LogP contribution in [0.5, 0.6) is 0 Å². The number of hydrogen-bond acceptors (Lipinski definition) is 3. The molecule has 0 radical (unpaired) electrons. The summed E-state index contributed by atoms with van der Waals surface area (Å²) >= 11 is 1.65. The number of carbonyl (C=O) groups is 1. The van der Waals surface area contributed by atoms with E-state index in [2.05, 4.69) is 28.5 Å². The maximum absolute atomic E-state index is 12.3. The number of aryl methyl sites for hydroxylation is 3. The van der Waals surface area contributed by atoms with Crippen LogP contribution in [0.2, 0.25) is 0 Å². The Kier molecular flexibility index (Phi) is 3.62. The van der Waals surface area contributed by atoms with Crippen LogP contribution in [0.1, 0.15) is 28.1 Å². The molecule has 1 N–H and O–H groups in total. The first-order valence-corrected chi connectivity index (χ1v) is 8.77. The Labute approximate surface area is 139 Å². The molecule has 0 atom stereocenters. The number of carbonyl (C=O) groups excluding carboxylic acids is 1. The SMILES string of the molecule is Cc1nc2ccc(NC(=O)Cc3ccc4c(c3)CCC4)cc2s1. The van der Waals surface area contributed by atoms with Gasteiger partial charge in [-0.2, -0.15) is 0 Å². The fourth-order valence-corrected chi connectivity index (χ4v) is 4.11. The van der Waals surface area contributed by atoms with Crippen LogP contribution < -0.4 is 5.32 Å². The van der Waals surface area contributed by atoms with Crippen LogP contribution in [0, 0.1) is 6.92 Å². The molecule has 0 unspecified atom stereocenters. The van der Waals surface area contributed by atoms with Crippen molar-refractivity contribution in [3.05, 3.63) is 58.1 Å². The molecule has 0 fully saturated rings. The van der Waals surface area contributed by atoms with Gasteiger partial charge in [-0.1, -0.05) is 18.2 Å². The van der Waals surface area contributed by atoms with Gasteiger partial charge in [-0.05, 0) is 61.1 Å². The highest BCUT2D eigenvalue weighted by molar-refractivity contribution is 7.18. The lowest BCUT2D eigenvalue weighted by atomic mass is 10.0. The van der Waals surface area contributed by atoms with Gasteiger partial charge in [0, 0.05) is 5.69 Å². The standard InChI is InChI=1S/C19H18N2OS/c1-12-20-17-8-7-16(11-18(17)23-12)21-19(22)10-13-5-6-14-3-2-4-15(14)9-13/h5-9,11H,2-4,10H2,1H3,(H,21,22). The molecule has 4 rings (SSSR count). The zero-order valence-corrected chi connectivity index (χ0v) is 13.9. The largest absolute Gasteiger partial charge is 0.326 e. The molecule has 1 heterocycles. The topological polar surface area (TPSA) is 42.0 Å². The molecule has 0 saturated heterocycles. The number of rotatable bonds is 3. The normalized spacial score (nSPS) is 13.3. The van der Waals surface area contributed by atoms with Crippen molar-refractivity contribution in [2.45, 2.75) is 32.6 Å². The average Bonchev–Trinajstić information content (AvgIpc) is 3.11. The molecule has 23 heavy (non-hydrogen) atoms. The lowest BCUT2D eigenvalue weighted by molar-refractivity contribution is -0.115. The zero-order chi connectivity index (χ0) is 15.8. The van der Waals surface area contributed by atoms with Crippen LogP contribution in [-0.2, 0) is 24.1 Å². The van der Waals surface area contributed by atoms with E-state index in [0.29, 0.717) is 6.42 Å². The average molecular weight is 322 g/mol. The molecule has 4 heteroatoms. The molecular weight excluding hydrogens is 304 g/mol. The van der Waals surface area contributed by atoms with Crippen molar-refractivity contribution in [2.75, 3.05) is 5.32 Å². The summed E-state index contributed by atoms with van der Waals surface area (Å²) in [5, 5.41) is 4.04. The van der Waals surface area contributed by atoms with E-state index in [1.165, 1.54) is 24.0 Å². The molecule has 1 aliphatic carbocycles. The van der Waals surface area contributed by atoms with Gasteiger partial charge in [-0.25, -0.2) is 4.98 Å².